The van der Waals surface area contributed by atoms with Crippen molar-refractivity contribution in [3.63, 3.8) is 0 Å². The van der Waals surface area contributed by atoms with Crippen LogP contribution in [0.4, 0.5) is 0 Å². The van der Waals surface area contributed by atoms with E-state index in [9.17, 15) is 4.79 Å². The van der Waals surface area contributed by atoms with Crippen LogP contribution in [0, 0.1) is 5.92 Å². The van der Waals surface area contributed by atoms with Gasteiger partial charge in [-0.3, -0.25) is 9.69 Å². The first-order valence-corrected chi connectivity index (χ1v) is 8.48. The number of nitrogens with one attached hydrogen (secondary N) is 1. The number of carbonyl (C=O) groups is 1. The number of likely N-dealkylation sites (N-methyl/N-ethyl adjacent to an activating group) is 1. The predicted octanol–water partition coefficient (Wildman–Crippen LogP) is 2.31. The van der Waals surface area contributed by atoms with Crippen molar-refractivity contribution >= 4 is 18.3 Å². The van der Waals surface area contributed by atoms with Gasteiger partial charge in [-0.15, -0.1) is 12.4 Å². The Morgan fingerprint density at radius 1 is 1.24 bits per heavy atom. The number of nitrogens with two attached hydrogens (primary N) is 1. The number of amides is 1. The van der Waals surface area contributed by atoms with Crippen molar-refractivity contribution in [2.45, 2.75) is 70.4 Å². The van der Waals surface area contributed by atoms with Crippen molar-refractivity contribution in [3.05, 3.63) is 0 Å². The molecule has 1 aliphatic heterocycles. The van der Waals surface area contributed by atoms with Gasteiger partial charge < -0.3 is 11.1 Å². The third kappa shape index (κ3) is 5.76. The minimum atomic E-state index is -0.311. The molecule has 0 spiro atoms. The SMILES string of the molecule is CCN1CCCC1CNC(=O)C(N)CC1CCCCC1.Cl. The van der Waals surface area contributed by atoms with Gasteiger partial charge in [0.15, 0.2) is 0 Å². The molecule has 0 aromatic carbocycles. The Kier molecular flexibility index (Phi) is 8.60. The topological polar surface area (TPSA) is 58.4 Å². The molecular formula is C16H32ClN3O. The Bertz CT molecular complexity index is 308. The van der Waals surface area contributed by atoms with Crippen LogP contribution in [0.2, 0.25) is 0 Å². The standard InChI is InChI=1S/C16H31N3O.ClH/c1-2-19-10-6-9-14(19)12-18-16(20)15(17)11-13-7-4-3-5-8-13;/h13-15H,2-12,17H2,1H3,(H,18,20);1H. The number of hydrogen-bond acceptors (Lipinski definition) is 3. The first kappa shape index (κ1) is 18.7. The lowest BCUT2D eigenvalue weighted by Gasteiger charge is -2.26. The molecule has 2 unspecified atom stereocenters. The summed E-state index contributed by atoms with van der Waals surface area (Å²) < 4.78 is 0. The van der Waals surface area contributed by atoms with E-state index in [1.165, 1.54) is 51.5 Å². The average molecular weight is 318 g/mol. The molecule has 2 rings (SSSR count). The summed E-state index contributed by atoms with van der Waals surface area (Å²) in [7, 11) is 0. The summed E-state index contributed by atoms with van der Waals surface area (Å²) in [5, 5.41) is 3.07. The maximum absolute atomic E-state index is 12.1. The smallest absolute Gasteiger partial charge is 0.236 e. The fourth-order valence-electron chi connectivity index (χ4n) is 3.78. The maximum Gasteiger partial charge on any atom is 0.236 e. The van der Waals surface area contributed by atoms with Crippen LogP contribution in [0.1, 0.15) is 58.3 Å². The van der Waals surface area contributed by atoms with Crippen molar-refractivity contribution < 1.29 is 4.79 Å². The molecule has 4 nitrogen and oxygen atoms in total. The fraction of sp³-hybridized carbons (Fsp3) is 0.938. The highest BCUT2D eigenvalue weighted by Crippen LogP contribution is 2.27. The van der Waals surface area contributed by atoms with Gasteiger partial charge in [-0.2, -0.15) is 0 Å². The maximum atomic E-state index is 12.1. The Morgan fingerprint density at radius 3 is 2.62 bits per heavy atom. The molecule has 5 heteroatoms. The summed E-state index contributed by atoms with van der Waals surface area (Å²) in [6.07, 6.45) is 9.81. The molecule has 1 heterocycles. The van der Waals surface area contributed by atoms with E-state index in [1.807, 2.05) is 0 Å². The lowest BCUT2D eigenvalue weighted by molar-refractivity contribution is -0.123. The molecule has 2 atom stereocenters. The molecule has 0 aromatic heterocycles. The number of hydrogen-bond donors (Lipinski definition) is 2. The third-order valence-electron chi connectivity index (χ3n) is 5.07. The highest BCUT2D eigenvalue weighted by Gasteiger charge is 2.25. The van der Waals surface area contributed by atoms with E-state index in [0.29, 0.717) is 12.0 Å². The van der Waals surface area contributed by atoms with Crippen molar-refractivity contribution in [2.24, 2.45) is 11.7 Å². The molecule has 1 saturated carbocycles. The number of nitrogens with zero attached hydrogens (tertiary/aromatic N) is 1. The van der Waals surface area contributed by atoms with Crippen LogP contribution in [0.5, 0.6) is 0 Å². The second-order valence-corrected chi connectivity index (χ2v) is 6.52. The van der Waals surface area contributed by atoms with E-state index >= 15 is 0 Å². The fourth-order valence-corrected chi connectivity index (χ4v) is 3.78. The molecule has 0 aromatic rings. The van der Waals surface area contributed by atoms with Gasteiger partial charge in [0.05, 0.1) is 6.04 Å². The zero-order chi connectivity index (χ0) is 14.4. The highest BCUT2D eigenvalue weighted by atomic mass is 35.5. The first-order chi connectivity index (χ1) is 9.70. The van der Waals surface area contributed by atoms with Crippen molar-refractivity contribution in [1.82, 2.24) is 10.2 Å². The third-order valence-corrected chi connectivity index (χ3v) is 5.07. The van der Waals surface area contributed by atoms with Gasteiger partial charge in [0.2, 0.25) is 5.91 Å². The van der Waals surface area contributed by atoms with Gasteiger partial charge in [0.25, 0.3) is 0 Å². The molecule has 2 aliphatic rings. The van der Waals surface area contributed by atoms with E-state index in [4.69, 9.17) is 5.73 Å². The van der Waals surface area contributed by atoms with Crippen LogP contribution < -0.4 is 11.1 Å². The van der Waals surface area contributed by atoms with Crippen molar-refractivity contribution in [2.75, 3.05) is 19.6 Å². The number of likely N-dealkylation sites (tertiary alicyclic amines) is 1. The zero-order valence-corrected chi connectivity index (χ0v) is 14.2. The molecule has 0 bridgehead atoms. The van der Waals surface area contributed by atoms with Crippen molar-refractivity contribution in [1.29, 1.82) is 0 Å². The van der Waals surface area contributed by atoms with E-state index in [0.717, 1.165) is 19.5 Å². The molecule has 1 aliphatic carbocycles. The Labute approximate surface area is 135 Å². The van der Waals surface area contributed by atoms with Crippen LogP contribution in [0.25, 0.3) is 0 Å². The van der Waals surface area contributed by atoms with Gasteiger partial charge in [-0.05, 0) is 38.3 Å². The average Bonchev–Trinajstić information content (AvgIpc) is 2.93. The molecule has 0 radical (unpaired) electrons. The van der Waals surface area contributed by atoms with Crippen LogP contribution in [0.3, 0.4) is 0 Å². The summed E-state index contributed by atoms with van der Waals surface area (Å²) in [5.41, 5.74) is 6.07. The van der Waals surface area contributed by atoms with E-state index < -0.39 is 0 Å². The summed E-state index contributed by atoms with van der Waals surface area (Å²) in [6, 6.07) is 0.209. The summed E-state index contributed by atoms with van der Waals surface area (Å²) in [4.78, 5) is 14.6. The van der Waals surface area contributed by atoms with E-state index in [-0.39, 0.29) is 24.4 Å². The van der Waals surface area contributed by atoms with E-state index in [1.54, 1.807) is 0 Å². The number of halogens is 1. The van der Waals surface area contributed by atoms with Gasteiger partial charge in [0.1, 0.15) is 0 Å². The Morgan fingerprint density at radius 2 is 1.95 bits per heavy atom. The van der Waals surface area contributed by atoms with E-state index in [2.05, 4.69) is 17.1 Å². The summed E-state index contributed by atoms with van der Waals surface area (Å²) in [5.74, 6) is 0.724. The normalized spacial score (nSPS) is 25.3. The first-order valence-electron chi connectivity index (χ1n) is 8.48. The van der Waals surface area contributed by atoms with Gasteiger partial charge in [-0.25, -0.2) is 0 Å². The lowest BCUT2D eigenvalue weighted by Crippen LogP contribution is -2.46. The lowest BCUT2D eigenvalue weighted by atomic mass is 9.85. The molecule has 1 amide bonds. The minimum absolute atomic E-state index is 0. The van der Waals surface area contributed by atoms with Crippen LogP contribution >= 0.6 is 12.4 Å². The van der Waals surface area contributed by atoms with Crippen LogP contribution in [-0.2, 0) is 4.79 Å². The second-order valence-electron chi connectivity index (χ2n) is 6.52. The zero-order valence-electron chi connectivity index (χ0n) is 13.4. The van der Waals surface area contributed by atoms with Gasteiger partial charge in [-0.1, -0.05) is 39.0 Å². The molecule has 1 saturated heterocycles. The van der Waals surface area contributed by atoms with Crippen LogP contribution in [-0.4, -0.2) is 42.5 Å². The van der Waals surface area contributed by atoms with Crippen molar-refractivity contribution in [3.8, 4) is 0 Å². The van der Waals surface area contributed by atoms with Gasteiger partial charge in [0, 0.05) is 12.6 Å². The quantitative estimate of drug-likeness (QED) is 0.790. The number of carbonyl (C=O) groups excluding carboxylic acids is 1. The Hall–Kier alpha value is -0.320. The Balaban J connectivity index is 0.00000220. The molecule has 2 fully saturated rings. The predicted molar refractivity (Wildman–Crippen MR) is 89.7 cm³/mol. The monoisotopic (exact) mass is 317 g/mol. The molecule has 3 N–H and O–H groups in total. The molecule has 124 valence electrons. The summed E-state index contributed by atoms with van der Waals surface area (Å²) in [6.45, 7) is 5.21. The molecule has 21 heavy (non-hydrogen) atoms. The minimum Gasteiger partial charge on any atom is -0.353 e. The van der Waals surface area contributed by atoms with Gasteiger partial charge >= 0.3 is 0 Å². The molecular weight excluding hydrogens is 286 g/mol. The largest absolute Gasteiger partial charge is 0.353 e. The summed E-state index contributed by atoms with van der Waals surface area (Å²) >= 11 is 0. The highest BCUT2D eigenvalue weighted by molar-refractivity contribution is 5.85. The second kappa shape index (κ2) is 9.65. The van der Waals surface area contributed by atoms with Crippen LogP contribution in [0.15, 0.2) is 0 Å². The number of rotatable bonds is 6.